The molecular weight excluding hydrogens is 241 g/mol. The highest BCUT2D eigenvalue weighted by molar-refractivity contribution is 6.30. The largest absolute Gasteiger partial charge is 0.387 e. The Hall–Kier alpha value is -1.11. The maximum atomic E-state index is 13.3. The quantitative estimate of drug-likeness (QED) is 0.875. The van der Waals surface area contributed by atoms with Crippen LogP contribution in [0.25, 0.3) is 0 Å². The SMILES string of the molecule is N#CC1(C(O)c2ccc(Cl)c(F)c2)CCCC1. The standard InChI is InChI=1S/C13H13ClFNO/c14-10-4-3-9(7-11(10)15)12(17)13(8-16)5-1-2-6-13/h3-4,7,12,17H,1-2,5-6H2. The fraction of sp³-hybridized carbons (Fsp3) is 0.462. The van der Waals surface area contributed by atoms with Crippen LogP contribution in [0.2, 0.25) is 5.02 Å². The fourth-order valence-electron chi connectivity index (χ4n) is 2.45. The van der Waals surface area contributed by atoms with E-state index < -0.39 is 17.3 Å². The summed E-state index contributed by atoms with van der Waals surface area (Å²) in [7, 11) is 0. The molecule has 0 saturated heterocycles. The molecule has 0 bridgehead atoms. The van der Waals surface area contributed by atoms with E-state index in [2.05, 4.69) is 6.07 Å². The first-order chi connectivity index (χ1) is 8.09. The zero-order chi connectivity index (χ0) is 12.5. The molecule has 1 atom stereocenters. The predicted octanol–water partition coefficient (Wildman–Crippen LogP) is 3.60. The van der Waals surface area contributed by atoms with Crippen molar-refractivity contribution in [1.82, 2.24) is 0 Å². The fourth-order valence-corrected chi connectivity index (χ4v) is 2.57. The van der Waals surface area contributed by atoms with Gasteiger partial charge in [-0.25, -0.2) is 4.39 Å². The third kappa shape index (κ3) is 2.15. The minimum Gasteiger partial charge on any atom is -0.387 e. The number of benzene rings is 1. The third-order valence-corrected chi connectivity index (χ3v) is 3.81. The Labute approximate surface area is 105 Å². The topological polar surface area (TPSA) is 44.0 Å². The van der Waals surface area contributed by atoms with Gasteiger partial charge in [0.2, 0.25) is 0 Å². The Morgan fingerprint density at radius 3 is 2.59 bits per heavy atom. The Morgan fingerprint density at radius 1 is 1.41 bits per heavy atom. The molecule has 90 valence electrons. The van der Waals surface area contributed by atoms with Crippen molar-refractivity contribution < 1.29 is 9.50 Å². The summed E-state index contributed by atoms with van der Waals surface area (Å²) in [5, 5.41) is 19.5. The zero-order valence-corrected chi connectivity index (χ0v) is 10.0. The molecule has 0 aliphatic heterocycles. The molecule has 4 heteroatoms. The lowest BCUT2D eigenvalue weighted by atomic mass is 9.79. The first-order valence-electron chi connectivity index (χ1n) is 5.63. The second kappa shape index (κ2) is 4.64. The average Bonchev–Trinajstić information content (AvgIpc) is 2.81. The van der Waals surface area contributed by atoms with Crippen LogP contribution in [0.5, 0.6) is 0 Å². The molecule has 1 fully saturated rings. The molecule has 1 aliphatic rings. The van der Waals surface area contributed by atoms with Gasteiger partial charge in [0.15, 0.2) is 0 Å². The molecule has 0 amide bonds. The van der Waals surface area contributed by atoms with Crippen molar-refractivity contribution in [3.05, 3.63) is 34.6 Å². The number of hydrogen-bond acceptors (Lipinski definition) is 2. The van der Waals surface area contributed by atoms with Gasteiger partial charge in [0.25, 0.3) is 0 Å². The van der Waals surface area contributed by atoms with Gasteiger partial charge in [0, 0.05) is 0 Å². The van der Waals surface area contributed by atoms with Crippen molar-refractivity contribution >= 4 is 11.6 Å². The highest BCUT2D eigenvalue weighted by Crippen LogP contribution is 2.47. The van der Waals surface area contributed by atoms with Gasteiger partial charge >= 0.3 is 0 Å². The van der Waals surface area contributed by atoms with E-state index in [9.17, 15) is 14.8 Å². The van der Waals surface area contributed by atoms with Gasteiger partial charge < -0.3 is 5.11 Å². The summed E-state index contributed by atoms with van der Waals surface area (Å²) < 4.78 is 13.3. The lowest BCUT2D eigenvalue weighted by Crippen LogP contribution is -2.24. The van der Waals surface area contributed by atoms with Gasteiger partial charge in [-0.15, -0.1) is 0 Å². The van der Waals surface area contributed by atoms with Gasteiger partial charge in [-0.2, -0.15) is 5.26 Å². The van der Waals surface area contributed by atoms with E-state index >= 15 is 0 Å². The van der Waals surface area contributed by atoms with Crippen molar-refractivity contribution in [3.63, 3.8) is 0 Å². The summed E-state index contributed by atoms with van der Waals surface area (Å²) >= 11 is 5.59. The minimum absolute atomic E-state index is 0.0263. The molecule has 1 aromatic carbocycles. The number of rotatable bonds is 2. The van der Waals surface area contributed by atoms with Crippen LogP contribution >= 0.6 is 11.6 Å². The van der Waals surface area contributed by atoms with Crippen LogP contribution in [-0.4, -0.2) is 5.11 Å². The molecule has 0 aromatic heterocycles. The second-order valence-electron chi connectivity index (χ2n) is 4.55. The second-order valence-corrected chi connectivity index (χ2v) is 4.96. The number of nitriles is 1. The van der Waals surface area contributed by atoms with Crippen molar-refractivity contribution in [1.29, 1.82) is 5.26 Å². The van der Waals surface area contributed by atoms with Gasteiger partial charge in [-0.05, 0) is 30.5 Å². The van der Waals surface area contributed by atoms with Crippen molar-refractivity contribution in [2.24, 2.45) is 5.41 Å². The summed E-state index contributed by atoms with van der Waals surface area (Å²) in [6.07, 6.45) is 2.24. The molecule has 0 heterocycles. The van der Waals surface area contributed by atoms with E-state index in [0.29, 0.717) is 18.4 Å². The molecule has 1 unspecified atom stereocenters. The summed E-state index contributed by atoms with van der Waals surface area (Å²) in [5.41, 5.74) is -0.337. The van der Waals surface area contributed by atoms with Crippen molar-refractivity contribution in [3.8, 4) is 6.07 Å². The zero-order valence-electron chi connectivity index (χ0n) is 9.29. The first-order valence-corrected chi connectivity index (χ1v) is 6.01. The maximum absolute atomic E-state index is 13.3. The number of hydrogen-bond donors (Lipinski definition) is 1. The smallest absolute Gasteiger partial charge is 0.142 e. The molecule has 2 rings (SSSR count). The molecule has 1 saturated carbocycles. The molecule has 1 aliphatic carbocycles. The van der Waals surface area contributed by atoms with Gasteiger partial charge in [-0.3, -0.25) is 0 Å². The average molecular weight is 254 g/mol. The van der Waals surface area contributed by atoms with E-state index in [0.717, 1.165) is 12.8 Å². The maximum Gasteiger partial charge on any atom is 0.142 e. The molecular formula is C13H13ClFNO. The summed E-state index contributed by atoms with van der Waals surface area (Å²) in [6.45, 7) is 0. The molecule has 0 spiro atoms. The molecule has 1 N–H and O–H groups in total. The molecule has 17 heavy (non-hydrogen) atoms. The molecule has 1 aromatic rings. The van der Waals surface area contributed by atoms with E-state index in [1.54, 1.807) is 6.07 Å². The highest BCUT2D eigenvalue weighted by Gasteiger charge is 2.41. The van der Waals surface area contributed by atoms with E-state index in [4.69, 9.17) is 11.6 Å². The van der Waals surface area contributed by atoms with Crippen LogP contribution in [0, 0.1) is 22.6 Å². The monoisotopic (exact) mass is 253 g/mol. The van der Waals surface area contributed by atoms with Gasteiger partial charge in [0.05, 0.1) is 22.6 Å². The number of nitrogens with zero attached hydrogens (tertiary/aromatic N) is 1. The summed E-state index contributed by atoms with van der Waals surface area (Å²) in [4.78, 5) is 0. The van der Waals surface area contributed by atoms with Crippen LogP contribution < -0.4 is 0 Å². The highest BCUT2D eigenvalue weighted by atomic mass is 35.5. The van der Waals surface area contributed by atoms with Gasteiger partial charge in [-0.1, -0.05) is 30.5 Å². The Bertz CT molecular complexity index is 463. The Balaban J connectivity index is 2.33. The van der Waals surface area contributed by atoms with Crippen LogP contribution in [0.1, 0.15) is 37.4 Å². The summed E-state index contributed by atoms with van der Waals surface area (Å²) in [5.74, 6) is -0.561. The minimum atomic E-state index is -0.943. The Kier molecular flexibility index (Phi) is 3.37. The van der Waals surface area contributed by atoms with E-state index in [-0.39, 0.29) is 5.02 Å². The lowest BCUT2D eigenvalue weighted by molar-refractivity contribution is 0.0668. The first kappa shape index (κ1) is 12.3. The number of aliphatic hydroxyl groups excluding tert-OH is 1. The van der Waals surface area contributed by atoms with Crippen LogP contribution in [0.15, 0.2) is 18.2 Å². The van der Waals surface area contributed by atoms with Crippen LogP contribution in [-0.2, 0) is 0 Å². The lowest BCUT2D eigenvalue weighted by Gasteiger charge is -2.27. The number of aliphatic hydroxyl groups is 1. The molecule has 0 radical (unpaired) electrons. The van der Waals surface area contributed by atoms with E-state index in [1.807, 2.05) is 0 Å². The normalized spacial score (nSPS) is 19.9. The van der Waals surface area contributed by atoms with Gasteiger partial charge in [0.1, 0.15) is 5.82 Å². The summed E-state index contributed by atoms with van der Waals surface area (Å²) in [6, 6.07) is 6.41. The van der Waals surface area contributed by atoms with E-state index in [1.165, 1.54) is 12.1 Å². The molecule has 2 nitrogen and oxygen atoms in total. The number of halogens is 2. The van der Waals surface area contributed by atoms with Crippen molar-refractivity contribution in [2.75, 3.05) is 0 Å². The predicted molar refractivity (Wildman–Crippen MR) is 62.9 cm³/mol. The van der Waals surface area contributed by atoms with Crippen LogP contribution in [0.3, 0.4) is 0 Å². The Morgan fingerprint density at radius 2 is 2.06 bits per heavy atom. The third-order valence-electron chi connectivity index (χ3n) is 3.50. The van der Waals surface area contributed by atoms with Crippen molar-refractivity contribution in [2.45, 2.75) is 31.8 Å². The van der Waals surface area contributed by atoms with Crippen LogP contribution in [0.4, 0.5) is 4.39 Å².